The molecule has 8 nitrogen and oxygen atoms in total. The predicted molar refractivity (Wildman–Crippen MR) is 120 cm³/mol. The summed E-state index contributed by atoms with van der Waals surface area (Å²) in [6, 6.07) is 9.18. The van der Waals surface area contributed by atoms with E-state index < -0.39 is 5.97 Å². The molecule has 0 unspecified atom stereocenters. The van der Waals surface area contributed by atoms with Gasteiger partial charge >= 0.3 is 12.0 Å². The zero-order valence-corrected chi connectivity index (χ0v) is 18.3. The first-order valence-corrected chi connectivity index (χ1v) is 10.3. The van der Waals surface area contributed by atoms with Crippen LogP contribution in [0.4, 0.5) is 10.5 Å². The van der Waals surface area contributed by atoms with Crippen LogP contribution in [0.15, 0.2) is 53.4 Å². The van der Waals surface area contributed by atoms with Crippen LogP contribution in [0.3, 0.4) is 0 Å². The number of esters is 1. The summed E-state index contributed by atoms with van der Waals surface area (Å²) in [6.45, 7) is 2.98. The third-order valence-electron chi connectivity index (χ3n) is 5.15. The van der Waals surface area contributed by atoms with Crippen LogP contribution in [-0.4, -0.2) is 47.1 Å². The van der Waals surface area contributed by atoms with E-state index >= 15 is 0 Å². The first-order chi connectivity index (χ1) is 15.5. The van der Waals surface area contributed by atoms with Crippen molar-refractivity contribution in [1.82, 2.24) is 14.9 Å². The number of benzene rings is 1. The number of methoxy groups -OCH3 is 1. The van der Waals surface area contributed by atoms with Gasteiger partial charge in [-0.25, -0.2) is 14.6 Å². The second kappa shape index (κ2) is 9.23. The SMILES string of the molecule is COC(=O)c1ncoc1-c1cnc(C2=CCN(C(=O)Nc3ccc(C)cc3)CC2)c(Cl)c1. The fourth-order valence-corrected chi connectivity index (χ4v) is 3.69. The minimum Gasteiger partial charge on any atom is -0.464 e. The minimum atomic E-state index is -0.604. The normalized spacial score (nSPS) is 13.5. The molecule has 2 amide bonds. The second-order valence-electron chi connectivity index (χ2n) is 7.30. The van der Waals surface area contributed by atoms with Crippen LogP contribution >= 0.6 is 11.6 Å². The standard InChI is InChI=1S/C23H21ClN4O4/c1-14-3-5-17(6-4-14)27-23(30)28-9-7-15(8-10-28)19-18(24)11-16(12-25-19)21-20(22(29)31-2)26-13-32-21/h3-7,11-13H,8-10H2,1-2H3,(H,27,30). The van der Waals surface area contributed by atoms with E-state index in [1.54, 1.807) is 17.2 Å². The van der Waals surface area contributed by atoms with Crippen molar-refractivity contribution in [2.45, 2.75) is 13.3 Å². The number of rotatable bonds is 4. The lowest BCUT2D eigenvalue weighted by Gasteiger charge is -2.27. The van der Waals surface area contributed by atoms with E-state index in [9.17, 15) is 9.59 Å². The fourth-order valence-electron chi connectivity index (χ4n) is 3.40. The van der Waals surface area contributed by atoms with Crippen LogP contribution in [0, 0.1) is 6.92 Å². The summed E-state index contributed by atoms with van der Waals surface area (Å²) < 4.78 is 10.1. The number of nitrogens with one attached hydrogen (secondary N) is 1. The highest BCUT2D eigenvalue weighted by molar-refractivity contribution is 6.32. The molecule has 164 valence electrons. The maximum atomic E-state index is 12.5. The largest absolute Gasteiger partial charge is 0.464 e. The Morgan fingerprint density at radius 2 is 2.00 bits per heavy atom. The van der Waals surface area contributed by atoms with Gasteiger partial charge in [-0.05, 0) is 37.1 Å². The van der Waals surface area contributed by atoms with E-state index in [-0.39, 0.29) is 17.5 Å². The quantitative estimate of drug-likeness (QED) is 0.570. The Kier molecular flexibility index (Phi) is 6.23. The van der Waals surface area contributed by atoms with Crippen molar-refractivity contribution in [2.75, 3.05) is 25.5 Å². The summed E-state index contributed by atoms with van der Waals surface area (Å²) in [5, 5.41) is 3.32. The van der Waals surface area contributed by atoms with Crippen molar-refractivity contribution in [3.8, 4) is 11.3 Å². The first-order valence-electron chi connectivity index (χ1n) is 9.96. The average Bonchev–Trinajstić information content (AvgIpc) is 3.30. The Balaban J connectivity index is 1.46. The van der Waals surface area contributed by atoms with Gasteiger partial charge in [0, 0.05) is 30.5 Å². The van der Waals surface area contributed by atoms with Gasteiger partial charge < -0.3 is 19.4 Å². The number of nitrogens with zero attached hydrogens (tertiary/aromatic N) is 3. The van der Waals surface area contributed by atoms with Crippen LogP contribution in [0.1, 0.15) is 28.2 Å². The zero-order valence-electron chi connectivity index (χ0n) is 17.6. The molecule has 0 aliphatic carbocycles. The number of aryl methyl sites for hydroxylation is 1. The number of ether oxygens (including phenoxy) is 1. The van der Waals surface area contributed by atoms with Crippen LogP contribution < -0.4 is 5.32 Å². The molecule has 0 fully saturated rings. The van der Waals surface area contributed by atoms with Gasteiger partial charge in [0.05, 0.1) is 17.8 Å². The van der Waals surface area contributed by atoms with Crippen molar-refractivity contribution in [1.29, 1.82) is 0 Å². The Morgan fingerprint density at radius 1 is 1.22 bits per heavy atom. The molecule has 0 bridgehead atoms. The Hall–Kier alpha value is -3.65. The van der Waals surface area contributed by atoms with E-state index in [0.717, 1.165) is 16.8 Å². The number of amides is 2. The van der Waals surface area contributed by atoms with Crippen molar-refractivity contribution >= 4 is 34.9 Å². The highest BCUT2D eigenvalue weighted by Crippen LogP contribution is 2.32. The molecule has 1 aliphatic rings. The number of aromatic nitrogens is 2. The highest BCUT2D eigenvalue weighted by Gasteiger charge is 2.23. The van der Waals surface area contributed by atoms with Gasteiger partial charge in [0.2, 0.25) is 0 Å². The maximum absolute atomic E-state index is 12.5. The van der Waals surface area contributed by atoms with Gasteiger partial charge in [-0.3, -0.25) is 4.98 Å². The number of carbonyl (C=O) groups excluding carboxylic acids is 2. The number of carbonyl (C=O) groups is 2. The number of oxazole rings is 1. The smallest absolute Gasteiger partial charge is 0.360 e. The highest BCUT2D eigenvalue weighted by atomic mass is 35.5. The van der Waals surface area contributed by atoms with Crippen LogP contribution in [-0.2, 0) is 4.74 Å². The van der Waals surface area contributed by atoms with Crippen LogP contribution in [0.5, 0.6) is 0 Å². The average molecular weight is 453 g/mol. The molecule has 4 rings (SSSR count). The molecule has 1 aromatic carbocycles. The molecule has 0 spiro atoms. The summed E-state index contributed by atoms with van der Waals surface area (Å²) in [7, 11) is 1.27. The van der Waals surface area contributed by atoms with E-state index in [1.807, 2.05) is 37.3 Å². The summed E-state index contributed by atoms with van der Waals surface area (Å²) in [5.41, 5.74) is 4.06. The van der Waals surface area contributed by atoms with Crippen molar-refractivity contribution in [3.05, 3.63) is 71.0 Å². The minimum absolute atomic E-state index is 0.0604. The molecule has 0 radical (unpaired) electrons. The molecule has 0 saturated heterocycles. The summed E-state index contributed by atoms with van der Waals surface area (Å²) in [6.07, 6.45) is 5.30. The van der Waals surface area contributed by atoms with Gasteiger partial charge in [-0.1, -0.05) is 35.4 Å². The van der Waals surface area contributed by atoms with E-state index in [2.05, 4.69) is 15.3 Å². The number of anilines is 1. The molecule has 3 aromatic rings. The van der Waals surface area contributed by atoms with Crippen molar-refractivity contribution in [2.24, 2.45) is 0 Å². The Morgan fingerprint density at radius 3 is 2.66 bits per heavy atom. The van der Waals surface area contributed by atoms with Crippen LogP contribution in [0.25, 0.3) is 16.9 Å². The van der Waals surface area contributed by atoms with Crippen molar-refractivity contribution < 1.29 is 18.7 Å². The third kappa shape index (κ3) is 4.50. The van der Waals surface area contributed by atoms with E-state index in [4.69, 9.17) is 20.8 Å². The monoisotopic (exact) mass is 452 g/mol. The van der Waals surface area contributed by atoms with Gasteiger partial charge in [0.15, 0.2) is 17.8 Å². The molecule has 1 N–H and O–H groups in total. The Labute approximate surface area is 189 Å². The molecule has 32 heavy (non-hydrogen) atoms. The molecule has 9 heteroatoms. The first kappa shape index (κ1) is 21.6. The van der Waals surface area contributed by atoms with Crippen LogP contribution in [0.2, 0.25) is 5.02 Å². The third-order valence-corrected chi connectivity index (χ3v) is 5.44. The number of pyridine rings is 1. The van der Waals surface area contributed by atoms with Gasteiger partial charge in [-0.2, -0.15) is 0 Å². The number of hydrogen-bond acceptors (Lipinski definition) is 6. The fraction of sp³-hybridized carbons (Fsp3) is 0.217. The van der Waals surface area contributed by atoms with Gasteiger partial charge in [0.25, 0.3) is 0 Å². The number of urea groups is 1. The maximum Gasteiger partial charge on any atom is 0.360 e. The molecular weight excluding hydrogens is 432 g/mol. The molecular formula is C23H21ClN4O4. The number of halogens is 1. The molecule has 1 aliphatic heterocycles. The topological polar surface area (TPSA) is 97.6 Å². The van der Waals surface area contributed by atoms with E-state index in [1.165, 1.54) is 13.5 Å². The van der Waals surface area contributed by atoms with Crippen molar-refractivity contribution in [3.63, 3.8) is 0 Å². The summed E-state index contributed by atoms with van der Waals surface area (Å²) in [5.74, 6) is -0.359. The number of hydrogen-bond donors (Lipinski definition) is 1. The molecule has 2 aromatic heterocycles. The predicted octanol–water partition coefficient (Wildman–Crippen LogP) is 4.81. The lowest BCUT2D eigenvalue weighted by Crippen LogP contribution is -2.37. The zero-order chi connectivity index (χ0) is 22.7. The summed E-state index contributed by atoms with van der Waals surface area (Å²) in [4.78, 5) is 34.5. The Bertz CT molecular complexity index is 1190. The lowest BCUT2D eigenvalue weighted by molar-refractivity contribution is 0.0595. The second-order valence-corrected chi connectivity index (χ2v) is 7.70. The van der Waals surface area contributed by atoms with Gasteiger partial charge in [-0.15, -0.1) is 0 Å². The lowest BCUT2D eigenvalue weighted by atomic mass is 10.0. The molecule has 0 atom stereocenters. The van der Waals surface area contributed by atoms with Gasteiger partial charge in [0.1, 0.15) is 0 Å². The van der Waals surface area contributed by atoms with E-state index in [0.29, 0.717) is 35.8 Å². The molecule has 0 saturated carbocycles. The molecule has 3 heterocycles. The summed E-state index contributed by atoms with van der Waals surface area (Å²) >= 11 is 6.49.